The van der Waals surface area contributed by atoms with Crippen LogP contribution in [0.1, 0.15) is 30.8 Å². The molecule has 1 heterocycles. The van der Waals surface area contributed by atoms with Crippen molar-refractivity contribution >= 4 is 46.0 Å². The van der Waals surface area contributed by atoms with Crippen LogP contribution in [0.15, 0.2) is 72.8 Å². The zero-order valence-corrected chi connectivity index (χ0v) is 18.5. The van der Waals surface area contributed by atoms with Gasteiger partial charge in [0, 0.05) is 22.3 Å². The van der Waals surface area contributed by atoms with Crippen LogP contribution in [0.3, 0.4) is 0 Å². The van der Waals surface area contributed by atoms with Gasteiger partial charge in [-0.25, -0.2) is 9.78 Å². The van der Waals surface area contributed by atoms with Gasteiger partial charge in [-0.2, -0.15) is 0 Å². The summed E-state index contributed by atoms with van der Waals surface area (Å²) in [5.41, 5.74) is 3.69. The Morgan fingerprint density at radius 3 is 2.29 bits per heavy atom. The van der Waals surface area contributed by atoms with Gasteiger partial charge in [0.1, 0.15) is 5.82 Å². The number of nitrogens with zero attached hydrogens (tertiary/aromatic N) is 2. The molecule has 0 aliphatic heterocycles. The van der Waals surface area contributed by atoms with Crippen molar-refractivity contribution in [3.05, 3.63) is 94.2 Å². The molecule has 0 fully saturated rings. The van der Waals surface area contributed by atoms with Crippen molar-refractivity contribution in [1.29, 1.82) is 0 Å². The second-order valence-corrected chi connectivity index (χ2v) is 8.11. The van der Waals surface area contributed by atoms with E-state index in [0.29, 0.717) is 28.7 Å². The van der Waals surface area contributed by atoms with Crippen molar-refractivity contribution < 1.29 is 4.79 Å². The molecule has 7 heteroatoms. The monoisotopic (exact) mass is 452 g/mol. The minimum atomic E-state index is -0.292. The maximum absolute atomic E-state index is 12.7. The van der Waals surface area contributed by atoms with E-state index in [9.17, 15) is 4.79 Å². The van der Waals surface area contributed by atoms with Crippen molar-refractivity contribution in [3.8, 4) is 0 Å². The minimum absolute atomic E-state index is 0.257. The summed E-state index contributed by atoms with van der Waals surface area (Å²) in [6.45, 7) is 2.66. The predicted octanol–water partition coefficient (Wildman–Crippen LogP) is 6.66. The van der Waals surface area contributed by atoms with Crippen LogP contribution in [0, 0.1) is 0 Å². The Morgan fingerprint density at radius 2 is 1.61 bits per heavy atom. The summed E-state index contributed by atoms with van der Waals surface area (Å²) in [6.07, 6.45) is 0.692. The fourth-order valence-electron chi connectivity index (χ4n) is 3.51. The van der Waals surface area contributed by atoms with Crippen molar-refractivity contribution in [3.63, 3.8) is 0 Å². The van der Waals surface area contributed by atoms with Gasteiger partial charge in [0.15, 0.2) is 0 Å². The number of carbonyl (C=O) groups excluding carboxylic acids is 1. The van der Waals surface area contributed by atoms with Crippen molar-refractivity contribution in [2.45, 2.75) is 25.9 Å². The topological polar surface area (TPSA) is 59.0 Å². The lowest BCUT2D eigenvalue weighted by atomic mass is 10.2. The van der Waals surface area contributed by atoms with E-state index < -0.39 is 0 Å². The molecule has 3 aromatic carbocycles. The number of hydrogen-bond acceptors (Lipinski definition) is 2. The number of urea groups is 1. The van der Waals surface area contributed by atoms with Gasteiger partial charge in [-0.3, -0.25) is 0 Å². The SMILES string of the molecule is CCC(NC(=O)Nc1ccc(Cl)cc1)c1nc2ccccc2n1Cc1ccc(Cl)cc1. The Morgan fingerprint density at radius 1 is 0.968 bits per heavy atom. The first-order chi connectivity index (χ1) is 15.0. The number of rotatable bonds is 6. The van der Waals surface area contributed by atoms with E-state index in [2.05, 4.69) is 15.2 Å². The molecule has 31 heavy (non-hydrogen) atoms. The molecule has 4 aromatic rings. The quantitative estimate of drug-likeness (QED) is 0.343. The van der Waals surface area contributed by atoms with Gasteiger partial charge < -0.3 is 15.2 Å². The van der Waals surface area contributed by atoms with Crippen LogP contribution < -0.4 is 10.6 Å². The number of anilines is 1. The third-order valence-corrected chi connectivity index (χ3v) is 5.57. The molecule has 1 atom stereocenters. The number of aromatic nitrogens is 2. The highest BCUT2D eigenvalue weighted by atomic mass is 35.5. The Labute approximate surface area is 191 Å². The fourth-order valence-corrected chi connectivity index (χ4v) is 3.76. The summed E-state index contributed by atoms with van der Waals surface area (Å²) < 4.78 is 2.15. The number of benzene rings is 3. The van der Waals surface area contributed by atoms with Crippen LogP contribution in [0.25, 0.3) is 11.0 Å². The number of carbonyl (C=O) groups is 1. The molecule has 0 saturated heterocycles. The first-order valence-electron chi connectivity index (χ1n) is 10.1. The zero-order valence-electron chi connectivity index (χ0n) is 17.0. The zero-order chi connectivity index (χ0) is 21.8. The lowest BCUT2D eigenvalue weighted by Gasteiger charge is -2.19. The molecule has 2 amide bonds. The first kappa shape index (κ1) is 21.2. The van der Waals surface area contributed by atoms with Gasteiger partial charge in [0.2, 0.25) is 0 Å². The van der Waals surface area contributed by atoms with Crippen LogP contribution in [0.5, 0.6) is 0 Å². The first-order valence-corrected chi connectivity index (χ1v) is 10.8. The van der Waals surface area contributed by atoms with E-state index in [-0.39, 0.29) is 12.1 Å². The maximum atomic E-state index is 12.7. The van der Waals surface area contributed by atoms with Crippen molar-refractivity contribution in [2.24, 2.45) is 0 Å². The van der Waals surface area contributed by atoms with Crippen LogP contribution in [-0.2, 0) is 6.54 Å². The molecular weight excluding hydrogens is 431 g/mol. The number of amides is 2. The summed E-state index contributed by atoms with van der Waals surface area (Å²) in [5, 5.41) is 7.23. The molecule has 0 bridgehead atoms. The molecule has 0 aliphatic rings. The molecule has 0 radical (unpaired) electrons. The molecule has 4 rings (SSSR count). The molecule has 5 nitrogen and oxygen atoms in total. The molecule has 2 N–H and O–H groups in total. The Kier molecular flexibility index (Phi) is 6.44. The summed E-state index contributed by atoms with van der Waals surface area (Å²) in [4.78, 5) is 17.5. The molecule has 0 saturated carbocycles. The molecule has 0 spiro atoms. The molecule has 0 aliphatic carbocycles. The number of para-hydroxylation sites is 2. The summed E-state index contributed by atoms with van der Waals surface area (Å²) in [7, 11) is 0. The molecular formula is C24H22Cl2N4O. The van der Waals surface area contributed by atoms with E-state index >= 15 is 0 Å². The van der Waals surface area contributed by atoms with E-state index in [1.807, 2.05) is 55.5 Å². The van der Waals surface area contributed by atoms with E-state index in [1.54, 1.807) is 24.3 Å². The molecule has 1 unspecified atom stereocenters. The van der Waals surface area contributed by atoms with Crippen LogP contribution >= 0.6 is 23.2 Å². The summed E-state index contributed by atoms with van der Waals surface area (Å²) >= 11 is 12.0. The Balaban J connectivity index is 1.62. The van der Waals surface area contributed by atoms with E-state index in [4.69, 9.17) is 28.2 Å². The average Bonchev–Trinajstić information content (AvgIpc) is 3.13. The van der Waals surface area contributed by atoms with E-state index in [1.165, 1.54) is 0 Å². The van der Waals surface area contributed by atoms with Crippen LogP contribution in [0.4, 0.5) is 10.5 Å². The van der Waals surface area contributed by atoms with Gasteiger partial charge in [-0.05, 0) is 60.5 Å². The summed E-state index contributed by atoms with van der Waals surface area (Å²) in [6, 6.07) is 22.2. The van der Waals surface area contributed by atoms with Crippen molar-refractivity contribution in [2.75, 3.05) is 5.32 Å². The average molecular weight is 453 g/mol. The van der Waals surface area contributed by atoms with Gasteiger partial charge in [0.25, 0.3) is 0 Å². The van der Waals surface area contributed by atoms with E-state index in [0.717, 1.165) is 22.4 Å². The Bertz CT molecular complexity index is 1190. The highest BCUT2D eigenvalue weighted by Gasteiger charge is 2.21. The summed E-state index contributed by atoms with van der Waals surface area (Å²) in [5.74, 6) is 0.810. The predicted molar refractivity (Wildman–Crippen MR) is 127 cm³/mol. The van der Waals surface area contributed by atoms with Crippen LogP contribution in [0.2, 0.25) is 10.0 Å². The van der Waals surface area contributed by atoms with Gasteiger partial charge >= 0.3 is 6.03 Å². The smallest absolute Gasteiger partial charge is 0.319 e. The molecule has 158 valence electrons. The molecule has 1 aromatic heterocycles. The second-order valence-electron chi connectivity index (χ2n) is 7.24. The second kappa shape index (κ2) is 9.41. The van der Waals surface area contributed by atoms with Crippen LogP contribution in [-0.4, -0.2) is 15.6 Å². The standard InChI is InChI=1S/C24H22Cl2N4O/c1-2-20(29-24(31)27-19-13-11-18(26)12-14-19)23-28-21-5-3-4-6-22(21)30(23)15-16-7-9-17(25)10-8-16/h3-14,20H,2,15H2,1H3,(H2,27,29,31). The highest BCUT2D eigenvalue weighted by Crippen LogP contribution is 2.25. The van der Waals surface area contributed by atoms with Gasteiger partial charge in [0.05, 0.1) is 17.1 Å². The third kappa shape index (κ3) is 5.01. The lowest BCUT2D eigenvalue weighted by Crippen LogP contribution is -2.33. The van der Waals surface area contributed by atoms with Crippen molar-refractivity contribution in [1.82, 2.24) is 14.9 Å². The number of hydrogen-bond donors (Lipinski definition) is 2. The normalized spacial score (nSPS) is 12.0. The highest BCUT2D eigenvalue weighted by molar-refractivity contribution is 6.30. The number of nitrogens with one attached hydrogen (secondary N) is 2. The largest absolute Gasteiger partial charge is 0.328 e. The number of halogens is 2. The third-order valence-electron chi connectivity index (χ3n) is 5.07. The lowest BCUT2D eigenvalue weighted by molar-refractivity contribution is 0.247. The number of fused-ring (bicyclic) bond motifs is 1. The van der Waals surface area contributed by atoms with Gasteiger partial charge in [-0.15, -0.1) is 0 Å². The fraction of sp³-hybridized carbons (Fsp3) is 0.167. The maximum Gasteiger partial charge on any atom is 0.319 e. The number of imidazole rings is 1. The minimum Gasteiger partial charge on any atom is -0.328 e. The Hall–Kier alpha value is -3.02. The van der Waals surface area contributed by atoms with Gasteiger partial charge in [-0.1, -0.05) is 54.4 Å².